The van der Waals surface area contributed by atoms with Gasteiger partial charge in [-0.05, 0) is 61.5 Å². The van der Waals surface area contributed by atoms with E-state index in [0.29, 0.717) is 26.0 Å². The van der Waals surface area contributed by atoms with Crippen molar-refractivity contribution in [1.29, 1.82) is 0 Å². The van der Waals surface area contributed by atoms with Crippen LogP contribution in [0.25, 0.3) is 0 Å². The van der Waals surface area contributed by atoms with Gasteiger partial charge < -0.3 is 26.0 Å². The molecule has 194 valence electrons. The van der Waals surface area contributed by atoms with E-state index < -0.39 is 17.9 Å². The molecule has 1 aromatic heterocycles. The van der Waals surface area contributed by atoms with E-state index in [1.54, 1.807) is 17.0 Å². The Labute approximate surface area is 214 Å². The van der Waals surface area contributed by atoms with Gasteiger partial charge in [0.05, 0.1) is 18.6 Å². The summed E-state index contributed by atoms with van der Waals surface area (Å²) in [4.78, 5) is 41.3. The average molecular weight is 517 g/mol. The molecule has 1 aromatic carbocycles. The van der Waals surface area contributed by atoms with Crippen LogP contribution < -0.4 is 16.4 Å². The number of nitrogens with two attached hydrogens (primary N) is 1. The summed E-state index contributed by atoms with van der Waals surface area (Å²) in [5.74, 6) is -1.87. The van der Waals surface area contributed by atoms with Crippen molar-refractivity contribution in [2.45, 2.75) is 50.4 Å². The molecule has 2 saturated heterocycles. The first kappa shape index (κ1) is 26.2. The Morgan fingerprint density at radius 3 is 2.58 bits per heavy atom. The zero-order valence-electron chi connectivity index (χ0n) is 20.2. The van der Waals surface area contributed by atoms with Crippen LogP contribution in [-0.4, -0.2) is 60.9 Å². The standard InChI is InChI=1S/C26H33FN4O4S/c27-19-5-3-17(4-6-19)16-35-20-9-12-31(26(34)18-7-10-29-11-8-18)22(14-20)25(33)30-15-21(24(28)32)23-2-1-13-36-23/h1-6,13,18,20-22,29H,7-12,14-16H2,(H2,28,32)(H,30,33). The van der Waals surface area contributed by atoms with Crippen LogP contribution in [0.3, 0.4) is 0 Å². The van der Waals surface area contributed by atoms with Crippen LogP contribution in [-0.2, 0) is 25.7 Å². The first-order valence-electron chi connectivity index (χ1n) is 12.4. The van der Waals surface area contributed by atoms with Gasteiger partial charge >= 0.3 is 0 Å². The number of halogens is 1. The SMILES string of the molecule is NC(=O)C(CNC(=O)C1CC(OCc2ccc(F)cc2)CCN1C(=O)C1CCNCC1)c1cccs1. The van der Waals surface area contributed by atoms with Crippen molar-refractivity contribution >= 4 is 29.1 Å². The lowest BCUT2D eigenvalue weighted by Gasteiger charge is -2.40. The van der Waals surface area contributed by atoms with Crippen molar-refractivity contribution < 1.29 is 23.5 Å². The Bertz CT molecular complexity index is 1030. The number of nitrogens with one attached hydrogen (secondary N) is 2. The van der Waals surface area contributed by atoms with Gasteiger partial charge in [0.1, 0.15) is 11.9 Å². The number of primary amides is 1. The Hall–Kier alpha value is -2.82. The van der Waals surface area contributed by atoms with Crippen molar-refractivity contribution in [3.8, 4) is 0 Å². The molecule has 10 heteroatoms. The molecule has 2 aromatic rings. The minimum atomic E-state index is -0.698. The third-order valence-corrected chi connectivity index (χ3v) is 7.92. The lowest BCUT2D eigenvalue weighted by Crippen LogP contribution is -2.57. The Balaban J connectivity index is 1.43. The number of nitrogens with zero attached hydrogens (tertiary/aromatic N) is 1. The number of piperidine rings is 2. The summed E-state index contributed by atoms with van der Waals surface area (Å²) in [7, 11) is 0. The zero-order chi connectivity index (χ0) is 25.5. The number of carbonyl (C=O) groups excluding carboxylic acids is 3. The van der Waals surface area contributed by atoms with Crippen LogP contribution in [0.2, 0.25) is 0 Å². The van der Waals surface area contributed by atoms with Gasteiger partial charge in [0.15, 0.2) is 0 Å². The highest BCUT2D eigenvalue weighted by Gasteiger charge is 2.39. The maximum Gasteiger partial charge on any atom is 0.242 e. The van der Waals surface area contributed by atoms with Gasteiger partial charge in [-0.1, -0.05) is 18.2 Å². The highest BCUT2D eigenvalue weighted by atomic mass is 32.1. The maximum absolute atomic E-state index is 13.4. The van der Waals surface area contributed by atoms with E-state index in [0.717, 1.165) is 36.4 Å². The normalized spacial score (nSPS) is 21.6. The molecule has 4 N–H and O–H groups in total. The molecule has 0 saturated carbocycles. The molecule has 2 aliphatic heterocycles. The average Bonchev–Trinajstić information content (AvgIpc) is 3.43. The smallest absolute Gasteiger partial charge is 0.242 e. The number of rotatable bonds is 9. The van der Waals surface area contributed by atoms with Gasteiger partial charge in [-0.3, -0.25) is 14.4 Å². The monoisotopic (exact) mass is 516 g/mol. The van der Waals surface area contributed by atoms with E-state index in [1.165, 1.54) is 23.5 Å². The zero-order valence-corrected chi connectivity index (χ0v) is 21.0. The van der Waals surface area contributed by atoms with Gasteiger partial charge in [-0.2, -0.15) is 0 Å². The molecular formula is C26H33FN4O4S. The number of likely N-dealkylation sites (tertiary alicyclic amines) is 1. The first-order chi connectivity index (χ1) is 17.4. The Kier molecular flexibility index (Phi) is 9.06. The predicted octanol–water partition coefficient (Wildman–Crippen LogP) is 2.15. The summed E-state index contributed by atoms with van der Waals surface area (Å²) in [5, 5.41) is 8.00. The fourth-order valence-electron chi connectivity index (χ4n) is 4.85. The van der Waals surface area contributed by atoms with Crippen LogP contribution >= 0.6 is 11.3 Å². The van der Waals surface area contributed by atoms with Crippen molar-refractivity contribution in [2.24, 2.45) is 11.7 Å². The number of carbonyl (C=O) groups is 3. The van der Waals surface area contributed by atoms with Crippen molar-refractivity contribution in [3.05, 3.63) is 58.0 Å². The second-order valence-electron chi connectivity index (χ2n) is 9.37. The van der Waals surface area contributed by atoms with Crippen LogP contribution in [0.5, 0.6) is 0 Å². The molecule has 3 atom stereocenters. The molecule has 0 bridgehead atoms. The molecule has 3 amide bonds. The van der Waals surface area contributed by atoms with E-state index >= 15 is 0 Å². The molecule has 2 fully saturated rings. The van der Waals surface area contributed by atoms with Crippen molar-refractivity contribution in [2.75, 3.05) is 26.2 Å². The number of thiophene rings is 1. The van der Waals surface area contributed by atoms with Crippen LogP contribution in [0.1, 0.15) is 42.0 Å². The minimum Gasteiger partial charge on any atom is -0.373 e. The molecule has 3 heterocycles. The first-order valence-corrected chi connectivity index (χ1v) is 13.3. The number of hydrogen-bond acceptors (Lipinski definition) is 6. The van der Waals surface area contributed by atoms with Crippen molar-refractivity contribution in [1.82, 2.24) is 15.5 Å². The van der Waals surface area contributed by atoms with E-state index in [9.17, 15) is 18.8 Å². The highest BCUT2D eigenvalue weighted by Crippen LogP contribution is 2.26. The summed E-state index contributed by atoms with van der Waals surface area (Å²) < 4.78 is 19.3. The second-order valence-corrected chi connectivity index (χ2v) is 10.4. The second kappa shape index (κ2) is 12.4. The summed E-state index contributed by atoms with van der Waals surface area (Å²) in [6.07, 6.45) is 2.23. The van der Waals surface area contributed by atoms with Gasteiger partial charge in [-0.25, -0.2) is 4.39 Å². The predicted molar refractivity (Wildman–Crippen MR) is 135 cm³/mol. The summed E-state index contributed by atoms with van der Waals surface area (Å²) in [5.41, 5.74) is 6.43. The van der Waals surface area contributed by atoms with Gasteiger partial charge in [0, 0.05) is 30.3 Å². The molecule has 8 nitrogen and oxygen atoms in total. The van der Waals surface area contributed by atoms with Crippen LogP contribution in [0.15, 0.2) is 41.8 Å². The number of hydrogen-bond donors (Lipinski definition) is 3. The third-order valence-electron chi connectivity index (χ3n) is 6.94. The van der Waals surface area contributed by atoms with E-state index in [2.05, 4.69) is 10.6 Å². The number of benzene rings is 1. The number of ether oxygens (including phenoxy) is 1. The molecule has 0 spiro atoms. The van der Waals surface area contributed by atoms with Crippen LogP contribution in [0, 0.1) is 11.7 Å². The van der Waals surface area contributed by atoms with E-state index in [1.807, 2.05) is 17.5 Å². The van der Waals surface area contributed by atoms with Crippen molar-refractivity contribution in [3.63, 3.8) is 0 Å². The highest BCUT2D eigenvalue weighted by molar-refractivity contribution is 7.10. The molecule has 4 rings (SSSR count). The Morgan fingerprint density at radius 1 is 1.17 bits per heavy atom. The summed E-state index contributed by atoms with van der Waals surface area (Å²) in [6, 6.07) is 9.07. The van der Waals surface area contributed by atoms with Gasteiger partial charge in [0.2, 0.25) is 17.7 Å². The minimum absolute atomic E-state index is 0.00153. The maximum atomic E-state index is 13.4. The van der Waals surface area contributed by atoms with E-state index in [-0.39, 0.29) is 36.2 Å². The summed E-state index contributed by atoms with van der Waals surface area (Å²) >= 11 is 1.41. The lowest BCUT2D eigenvalue weighted by atomic mass is 9.92. The van der Waals surface area contributed by atoms with E-state index in [4.69, 9.17) is 10.5 Å². The third kappa shape index (κ3) is 6.68. The fraction of sp³-hybridized carbons (Fsp3) is 0.500. The lowest BCUT2D eigenvalue weighted by molar-refractivity contribution is -0.150. The molecule has 3 unspecified atom stereocenters. The van der Waals surface area contributed by atoms with Gasteiger partial charge in [0.25, 0.3) is 0 Å². The fourth-order valence-corrected chi connectivity index (χ4v) is 5.68. The molecular weight excluding hydrogens is 483 g/mol. The number of amides is 3. The molecule has 0 radical (unpaired) electrons. The molecule has 36 heavy (non-hydrogen) atoms. The van der Waals surface area contributed by atoms with Crippen LogP contribution in [0.4, 0.5) is 4.39 Å². The Morgan fingerprint density at radius 2 is 1.92 bits per heavy atom. The molecule has 0 aliphatic carbocycles. The quantitative estimate of drug-likeness (QED) is 0.473. The largest absolute Gasteiger partial charge is 0.373 e. The topological polar surface area (TPSA) is 114 Å². The molecule has 2 aliphatic rings. The van der Waals surface area contributed by atoms with Gasteiger partial charge in [-0.15, -0.1) is 11.3 Å². The summed E-state index contributed by atoms with van der Waals surface area (Å²) in [6.45, 7) is 2.35.